The summed E-state index contributed by atoms with van der Waals surface area (Å²) >= 11 is 6.36. The Labute approximate surface area is 191 Å². The van der Waals surface area contributed by atoms with E-state index < -0.39 is 0 Å². The van der Waals surface area contributed by atoms with Gasteiger partial charge < -0.3 is 14.8 Å². The highest BCUT2D eigenvalue weighted by atomic mass is 35.5. The summed E-state index contributed by atoms with van der Waals surface area (Å²) in [5.74, 6) is 0.399. The number of carbonyl (C=O) groups excluding carboxylic acids is 2. The average Bonchev–Trinajstić information content (AvgIpc) is 3.56. The average molecular weight is 449 g/mol. The van der Waals surface area contributed by atoms with Crippen LogP contribution in [0.3, 0.4) is 0 Å². The SMILES string of the molecule is C=CC(=O)N1CC(NC(=O)Cn2c(C)c(-c3cnccc3C3CC3)c3cc(Cl)ccc32)C1. The van der Waals surface area contributed by atoms with Gasteiger partial charge in [0.2, 0.25) is 11.8 Å². The van der Waals surface area contributed by atoms with E-state index >= 15 is 0 Å². The Kier molecular flexibility index (Phi) is 5.25. The number of pyridine rings is 1. The summed E-state index contributed by atoms with van der Waals surface area (Å²) in [5.41, 5.74) is 5.52. The van der Waals surface area contributed by atoms with Crippen LogP contribution in [-0.4, -0.2) is 45.4 Å². The molecule has 1 aromatic carbocycles. The van der Waals surface area contributed by atoms with Gasteiger partial charge in [-0.25, -0.2) is 0 Å². The molecule has 0 spiro atoms. The molecular formula is C25H25ClN4O2. The second kappa shape index (κ2) is 8.10. The molecule has 0 atom stereocenters. The van der Waals surface area contributed by atoms with E-state index in [0.29, 0.717) is 24.0 Å². The van der Waals surface area contributed by atoms with Crippen LogP contribution in [0.4, 0.5) is 0 Å². The fourth-order valence-corrected chi connectivity index (χ4v) is 4.83. The summed E-state index contributed by atoms with van der Waals surface area (Å²) in [4.78, 5) is 30.5. The third-order valence-corrected chi connectivity index (χ3v) is 6.70. The zero-order valence-corrected chi connectivity index (χ0v) is 18.7. The summed E-state index contributed by atoms with van der Waals surface area (Å²) < 4.78 is 2.05. The Hall–Kier alpha value is -3.12. The first-order chi connectivity index (χ1) is 15.5. The van der Waals surface area contributed by atoms with Gasteiger partial charge in [-0.15, -0.1) is 0 Å². The Morgan fingerprint density at radius 2 is 2.06 bits per heavy atom. The molecule has 1 N–H and O–H groups in total. The van der Waals surface area contributed by atoms with Gasteiger partial charge in [-0.05, 0) is 61.6 Å². The molecule has 2 fully saturated rings. The number of rotatable bonds is 6. The molecule has 0 unspecified atom stereocenters. The maximum atomic E-state index is 12.9. The lowest BCUT2D eigenvalue weighted by Gasteiger charge is -2.38. The number of benzene rings is 1. The fourth-order valence-electron chi connectivity index (χ4n) is 4.66. The minimum atomic E-state index is -0.104. The molecule has 32 heavy (non-hydrogen) atoms. The van der Waals surface area contributed by atoms with Gasteiger partial charge in [0.05, 0.1) is 6.04 Å². The van der Waals surface area contributed by atoms with E-state index in [9.17, 15) is 9.59 Å². The molecule has 3 aromatic rings. The van der Waals surface area contributed by atoms with Gasteiger partial charge in [-0.1, -0.05) is 18.2 Å². The molecule has 1 saturated heterocycles. The standard InChI is InChI=1S/C25H25ClN4O2/c1-3-24(32)29-12-18(13-29)28-23(31)14-30-15(2)25(20-10-17(26)6-7-22(20)30)21-11-27-9-8-19(21)16-4-5-16/h3,6-11,16,18H,1,4-5,12-14H2,2H3,(H,28,31). The number of nitrogens with one attached hydrogen (secondary N) is 1. The molecule has 1 aliphatic heterocycles. The van der Waals surface area contributed by atoms with Crippen LogP contribution < -0.4 is 5.32 Å². The summed E-state index contributed by atoms with van der Waals surface area (Å²) in [6.07, 6.45) is 7.48. The number of halogens is 1. The molecule has 164 valence electrons. The molecule has 7 heteroatoms. The third-order valence-electron chi connectivity index (χ3n) is 6.46. The Bertz CT molecular complexity index is 1240. The molecule has 6 nitrogen and oxygen atoms in total. The maximum absolute atomic E-state index is 12.9. The number of amides is 2. The predicted octanol–water partition coefficient (Wildman–Crippen LogP) is 4.06. The zero-order chi connectivity index (χ0) is 22.4. The molecule has 2 aromatic heterocycles. The van der Waals surface area contributed by atoms with Crippen LogP contribution in [0.5, 0.6) is 0 Å². The second-order valence-corrected chi connectivity index (χ2v) is 9.09. The van der Waals surface area contributed by atoms with Crippen molar-refractivity contribution >= 4 is 34.3 Å². The highest BCUT2D eigenvalue weighted by Gasteiger charge is 2.31. The van der Waals surface area contributed by atoms with Crippen molar-refractivity contribution in [1.82, 2.24) is 19.8 Å². The van der Waals surface area contributed by atoms with Gasteiger partial charge in [0.1, 0.15) is 6.54 Å². The lowest BCUT2D eigenvalue weighted by atomic mass is 9.97. The number of hydrogen-bond donors (Lipinski definition) is 1. The van der Waals surface area contributed by atoms with E-state index in [2.05, 4.69) is 22.9 Å². The van der Waals surface area contributed by atoms with Crippen molar-refractivity contribution in [3.63, 3.8) is 0 Å². The summed E-state index contributed by atoms with van der Waals surface area (Å²) in [6, 6.07) is 7.89. The molecule has 2 amide bonds. The van der Waals surface area contributed by atoms with Gasteiger partial charge >= 0.3 is 0 Å². The van der Waals surface area contributed by atoms with Crippen molar-refractivity contribution in [2.45, 2.75) is 38.3 Å². The monoisotopic (exact) mass is 448 g/mol. The van der Waals surface area contributed by atoms with Crippen molar-refractivity contribution in [2.75, 3.05) is 13.1 Å². The van der Waals surface area contributed by atoms with E-state index in [4.69, 9.17) is 11.6 Å². The minimum absolute atomic E-state index is 0.0257. The van der Waals surface area contributed by atoms with Gasteiger partial charge in [-0.3, -0.25) is 14.6 Å². The fraction of sp³-hybridized carbons (Fsp3) is 0.320. The van der Waals surface area contributed by atoms with Crippen LogP contribution in [0.1, 0.15) is 30.0 Å². The second-order valence-electron chi connectivity index (χ2n) is 8.66. The number of hydrogen-bond acceptors (Lipinski definition) is 3. The largest absolute Gasteiger partial charge is 0.348 e. The highest BCUT2D eigenvalue weighted by molar-refractivity contribution is 6.31. The lowest BCUT2D eigenvalue weighted by Crippen LogP contribution is -2.61. The van der Waals surface area contributed by atoms with Crippen LogP contribution in [0.25, 0.3) is 22.0 Å². The van der Waals surface area contributed by atoms with E-state index in [1.54, 1.807) is 4.90 Å². The van der Waals surface area contributed by atoms with Crippen molar-refractivity contribution in [2.24, 2.45) is 0 Å². The number of carbonyl (C=O) groups is 2. The van der Waals surface area contributed by atoms with E-state index in [0.717, 1.165) is 27.7 Å². The maximum Gasteiger partial charge on any atom is 0.246 e. The molecule has 1 aliphatic carbocycles. The number of fused-ring (bicyclic) bond motifs is 1. The van der Waals surface area contributed by atoms with Crippen LogP contribution in [-0.2, 0) is 16.1 Å². The molecule has 2 aliphatic rings. The smallest absolute Gasteiger partial charge is 0.246 e. The first-order valence-electron chi connectivity index (χ1n) is 10.9. The first kappa shape index (κ1) is 20.8. The van der Waals surface area contributed by atoms with Crippen molar-refractivity contribution in [1.29, 1.82) is 0 Å². The minimum Gasteiger partial charge on any atom is -0.348 e. The lowest BCUT2D eigenvalue weighted by molar-refractivity contribution is -0.133. The van der Waals surface area contributed by atoms with Crippen LogP contribution in [0.2, 0.25) is 5.02 Å². The van der Waals surface area contributed by atoms with E-state index in [-0.39, 0.29) is 24.4 Å². The molecule has 1 saturated carbocycles. The third kappa shape index (κ3) is 3.69. The molecular weight excluding hydrogens is 424 g/mol. The predicted molar refractivity (Wildman–Crippen MR) is 126 cm³/mol. The normalized spacial score (nSPS) is 16.1. The van der Waals surface area contributed by atoms with Crippen molar-refractivity contribution < 1.29 is 9.59 Å². The Morgan fingerprint density at radius 3 is 2.78 bits per heavy atom. The highest BCUT2D eigenvalue weighted by Crippen LogP contribution is 2.46. The number of nitrogens with zero attached hydrogens (tertiary/aromatic N) is 3. The Morgan fingerprint density at radius 1 is 1.28 bits per heavy atom. The first-order valence-corrected chi connectivity index (χ1v) is 11.3. The topological polar surface area (TPSA) is 67.2 Å². The van der Waals surface area contributed by atoms with Gasteiger partial charge in [0.25, 0.3) is 0 Å². The van der Waals surface area contributed by atoms with Crippen LogP contribution >= 0.6 is 11.6 Å². The van der Waals surface area contributed by atoms with E-state index in [1.165, 1.54) is 24.5 Å². The van der Waals surface area contributed by atoms with Gasteiger partial charge in [0, 0.05) is 58.2 Å². The van der Waals surface area contributed by atoms with Gasteiger partial charge in [-0.2, -0.15) is 0 Å². The Balaban J connectivity index is 1.46. The van der Waals surface area contributed by atoms with Crippen molar-refractivity contribution in [3.05, 3.63) is 65.6 Å². The molecule has 3 heterocycles. The molecule has 0 bridgehead atoms. The number of likely N-dealkylation sites (tertiary alicyclic amines) is 1. The van der Waals surface area contributed by atoms with Gasteiger partial charge in [0.15, 0.2) is 0 Å². The molecule has 0 radical (unpaired) electrons. The van der Waals surface area contributed by atoms with Crippen LogP contribution in [0.15, 0.2) is 49.3 Å². The van der Waals surface area contributed by atoms with Crippen LogP contribution in [0, 0.1) is 6.92 Å². The zero-order valence-electron chi connectivity index (χ0n) is 18.0. The number of aromatic nitrogens is 2. The summed E-state index contributed by atoms with van der Waals surface area (Å²) in [7, 11) is 0. The summed E-state index contributed by atoms with van der Waals surface area (Å²) in [6.45, 7) is 6.79. The van der Waals surface area contributed by atoms with Crippen molar-refractivity contribution in [3.8, 4) is 11.1 Å². The quantitative estimate of drug-likeness (QED) is 0.578. The van der Waals surface area contributed by atoms with E-state index in [1.807, 2.05) is 42.1 Å². The molecule has 5 rings (SSSR count). The summed E-state index contributed by atoms with van der Waals surface area (Å²) in [5, 5.41) is 4.74.